The van der Waals surface area contributed by atoms with Gasteiger partial charge in [0, 0.05) is 22.3 Å². The van der Waals surface area contributed by atoms with Crippen molar-refractivity contribution in [3.8, 4) is 11.4 Å². The first-order valence-corrected chi connectivity index (χ1v) is 11.9. The maximum atomic E-state index is 12.7. The summed E-state index contributed by atoms with van der Waals surface area (Å²) >= 11 is 13.8. The average Bonchev–Trinajstić information content (AvgIpc) is 3.49. The minimum Gasteiger partial charge on any atom is -0.338 e. The van der Waals surface area contributed by atoms with E-state index < -0.39 is 5.91 Å². The Balaban J connectivity index is 1.33. The van der Waals surface area contributed by atoms with Crippen LogP contribution in [0.3, 0.4) is 0 Å². The van der Waals surface area contributed by atoms with Gasteiger partial charge in [0.15, 0.2) is 0 Å². The molecule has 0 fully saturated rings. The third-order valence-corrected chi connectivity index (χ3v) is 6.44. The number of hydrogen-bond acceptors (Lipinski definition) is 4. The number of nitrogens with one attached hydrogen (secondary N) is 3. The van der Waals surface area contributed by atoms with Crippen LogP contribution in [0.1, 0.15) is 20.7 Å². The van der Waals surface area contributed by atoms with Gasteiger partial charge in [0.2, 0.25) is 0 Å². The van der Waals surface area contributed by atoms with E-state index in [9.17, 15) is 9.59 Å². The van der Waals surface area contributed by atoms with Crippen molar-refractivity contribution in [3.05, 3.63) is 98.7 Å². The zero-order valence-corrected chi connectivity index (χ0v) is 19.8. The van der Waals surface area contributed by atoms with Crippen LogP contribution < -0.4 is 10.6 Å². The number of thiophene rings is 1. The highest BCUT2D eigenvalue weighted by molar-refractivity contribution is 7.08. The van der Waals surface area contributed by atoms with Gasteiger partial charge in [-0.3, -0.25) is 9.59 Å². The lowest BCUT2D eigenvalue weighted by Crippen LogP contribution is -2.13. The molecule has 2 amide bonds. The van der Waals surface area contributed by atoms with Crippen LogP contribution in [0.4, 0.5) is 11.4 Å². The molecule has 2 heterocycles. The summed E-state index contributed by atoms with van der Waals surface area (Å²) in [4.78, 5) is 32.8. The van der Waals surface area contributed by atoms with Crippen molar-refractivity contribution in [2.45, 2.75) is 0 Å². The number of aromatic amines is 1. The van der Waals surface area contributed by atoms with Gasteiger partial charge in [0.05, 0.1) is 32.2 Å². The van der Waals surface area contributed by atoms with Crippen LogP contribution in [-0.4, -0.2) is 21.8 Å². The van der Waals surface area contributed by atoms with Gasteiger partial charge in [-0.1, -0.05) is 29.3 Å². The molecule has 2 aromatic heterocycles. The minimum absolute atomic E-state index is 0.148. The number of imidazole rings is 1. The molecule has 168 valence electrons. The number of benzene rings is 3. The highest BCUT2D eigenvalue weighted by Crippen LogP contribution is 2.27. The van der Waals surface area contributed by atoms with E-state index in [0.717, 1.165) is 16.6 Å². The summed E-state index contributed by atoms with van der Waals surface area (Å²) in [7, 11) is 0. The van der Waals surface area contributed by atoms with Crippen molar-refractivity contribution < 1.29 is 9.59 Å². The van der Waals surface area contributed by atoms with E-state index in [1.165, 1.54) is 11.3 Å². The number of carbonyl (C=O) groups excluding carboxylic acids is 2. The number of aromatic nitrogens is 2. The summed E-state index contributed by atoms with van der Waals surface area (Å²) in [6.07, 6.45) is 0. The van der Waals surface area contributed by atoms with E-state index >= 15 is 0 Å². The summed E-state index contributed by atoms with van der Waals surface area (Å²) < 4.78 is 0. The number of rotatable bonds is 5. The third kappa shape index (κ3) is 4.54. The zero-order valence-electron chi connectivity index (χ0n) is 17.4. The maximum Gasteiger partial charge on any atom is 0.258 e. The first-order chi connectivity index (χ1) is 16.5. The molecule has 0 bridgehead atoms. The summed E-state index contributed by atoms with van der Waals surface area (Å²) in [6, 6.07) is 19.5. The summed E-state index contributed by atoms with van der Waals surface area (Å²) in [5.74, 6) is 0.128. The molecule has 0 saturated heterocycles. The lowest BCUT2D eigenvalue weighted by Gasteiger charge is -2.08. The van der Waals surface area contributed by atoms with Crippen molar-refractivity contribution >= 4 is 68.8 Å². The van der Waals surface area contributed by atoms with E-state index in [4.69, 9.17) is 23.2 Å². The molecule has 0 unspecified atom stereocenters. The topological polar surface area (TPSA) is 86.9 Å². The van der Waals surface area contributed by atoms with Gasteiger partial charge in [-0.15, -0.1) is 0 Å². The standard InChI is InChI=1S/C25H16Cl2N4O2S/c26-18-2-1-3-19(27)22(18)25(33)29-17-8-9-20-21(12-17)31-23(30-20)14-4-6-16(7-5-14)28-24(32)15-10-11-34-13-15/h1-13H,(H,28,32)(H,29,33)(H,30,31). The van der Waals surface area contributed by atoms with E-state index in [2.05, 4.69) is 20.6 Å². The molecule has 6 nitrogen and oxygen atoms in total. The second-order valence-electron chi connectivity index (χ2n) is 7.41. The van der Waals surface area contributed by atoms with Crippen molar-refractivity contribution in [1.29, 1.82) is 0 Å². The Kier molecular flexibility index (Phi) is 6.06. The van der Waals surface area contributed by atoms with Crippen LogP contribution in [0.25, 0.3) is 22.4 Å². The minimum atomic E-state index is -0.394. The molecular weight excluding hydrogens is 491 g/mol. The second-order valence-corrected chi connectivity index (χ2v) is 9.01. The Morgan fingerprint density at radius 3 is 2.26 bits per heavy atom. The molecule has 34 heavy (non-hydrogen) atoms. The Hall–Kier alpha value is -3.65. The number of anilines is 2. The van der Waals surface area contributed by atoms with Gasteiger partial charge in [0.1, 0.15) is 5.82 Å². The molecule has 5 rings (SSSR count). The highest BCUT2D eigenvalue weighted by Gasteiger charge is 2.15. The Bertz CT molecular complexity index is 1490. The molecule has 5 aromatic rings. The van der Waals surface area contributed by atoms with Gasteiger partial charge < -0.3 is 15.6 Å². The fraction of sp³-hybridized carbons (Fsp3) is 0. The zero-order chi connectivity index (χ0) is 23.7. The van der Waals surface area contributed by atoms with E-state index in [1.54, 1.807) is 41.8 Å². The molecule has 0 aliphatic carbocycles. The molecule has 0 atom stereocenters. The first kappa shape index (κ1) is 22.2. The average molecular weight is 507 g/mol. The monoisotopic (exact) mass is 506 g/mol. The SMILES string of the molecule is O=C(Nc1ccc(-c2nc3ccc(NC(=O)c4c(Cl)cccc4Cl)cc3[nH]2)cc1)c1ccsc1. The smallest absolute Gasteiger partial charge is 0.258 e. The molecule has 0 radical (unpaired) electrons. The number of carbonyl (C=O) groups is 2. The fourth-order valence-electron chi connectivity index (χ4n) is 3.44. The Labute approximate surface area is 208 Å². The number of amides is 2. The van der Waals surface area contributed by atoms with Crippen LogP contribution in [0.15, 0.2) is 77.5 Å². The van der Waals surface area contributed by atoms with Crippen molar-refractivity contribution in [2.75, 3.05) is 10.6 Å². The summed E-state index contributed by atoms with van der Waals surface area (Å²) in [5.41, 5.74) is 4.49. The second kappa shape index (κ2) is 9.30. The Morgan fingerprint density at radius 2 is 1.56 bits per heavy atom. The van der Waals surface area contributed by atoms with Crippen molar-refractivity contribution in [3.63, 3.8) is 0 Å². The number of hydrogen-bond donors (Lipinski definition) is 3. The molecule has 3 N–H and O–H groups in total. The van der Waals surface area contributed by atoms with Crippen LogP contribution in [0.2, 0.25) is 10.0 Å². The van der Waals surface area contributed by atoms with Gasteiger partial charge in [0.25, 0.3) is 11.8 Å². The lowest BCUT2D eigenvalue weighted by atomic mass is 10.2. The fourth-order valence-corrected chi connectivity index (χ4v) is 4.65. The summed E-state index contributed by atoms with van der Waals surface area (Å²) in [6.45, 7) is 0. The number of H-pyrrole nitrogens is 1. The number of halogens is 2. The summed E-state index contributed by atoms with van der Waals surface area (Å²) in [5, 5.41) is 9.93. The molecule has 0 aliphatic rings. The molecule has 3 aromatic carbocycles. The van der Waals surface area contributed by atoms with Crippen LogP contribution in [-0.2, 0) is 0 Å². The van der Waals surface area contributed by atoms with Gasteiger partial charge >= 0.3 is 0 Å². The quantitative estimate of drug-likeness (QED) is 0.237. The van der Waals surface area contributed by atoms with Crippen LogP contribution in [0, 0.1) is 0 Å². The predicted molar refractivity (Wildman–Crippen MR) is 138 cm³/mol. The molecular formula is C25H16Cl2N4O2S. The molecule has 9 heteroatoms. The third-order valence-electron chi connectivity index (χ3n) is 5.13. The number of fused-ring (bicyclic) bond motifs is 1. The van der Waals surface area contributed by atoms with Crippen LogP contribution >= 0.6 is 34.5 Å². The normalized spacial score (nSPS) is 10.9. The van der Waals surface area contributed by atoms with Crippen molar-refractivity contribution in [1.82, 2.24) is 9.97 Å². The van der Waals surface area contributed by atoms with E-state index in [-0.39, 0.29) is 21.5 Å². The van der Waals surface area contributed by atoms with Crippen LogP contribution in [0.5, 0.6) is 0 Å². The van der Waals surface area contributed by atoms with E-state index in [1.807, 2.05) is 35.7 Å². The van der Waals surface area contributed by atoms with Gasteiger partial charge in [-0.25, -0.2) is 4.98 Å². The first-order valence-electron chi connectivity index (χ1n) is 10.2. The molecule has 0 aliphatic heterocycles. The predicted octanol–water partition coefficient (Wildman–Crippen LogP) is 7.10. The van der Waals surface area contributed by atoms with Gasteiger partial charge in [-0.2, -0.15) is 11.3 Å². The molecule has 0 saturated carbocycles. The highest BCUT2D eigenvalue weighted by atomic mass is 35.5. The number of nitrogens with zero attached hydrogens (tertiary/aromatic N) is 1. The largest absolute Gasteiger partial charge is 0.338 e. The maximum absolute atomic E-state index is 12.7. The van der Waals surface area contributed by atoms with Crippen molar-refractivity contribution in [2.24, 2.45) is 0 Å². The molecule has 0 spiro atoms. The van der Waals surface area contributed by atoms with Gasteiger partial charge in [-0.05, 0) is 66.0 Å². The van der Waals surface area contributed by atoms with E-state index in [0.29, 0.717) is 22.8 Å². The lowest BCUT2D eigenvalue weighted by molar-refractivity contribution is 0.101. The Morgan fingerprint density at radius 1 is 0.853 bits per heavy atom.